The first-order valence-corrected chi connectivity index (χ1v) is 10.9. The second-order valence-electron chi connectivity index (χ2n) is 10.5. The minimum Gasteiger partial charge on any atom is -0.356 e. The van der Waals surface area contributed by atoms with Crippen molar-refractivity contribution in [1.82, 2.24) is 25.1 Å². The van der Waals surface area contributed by atoms with Crippen molar-refractivity contribution in [3.8, 4) is 0 Å². The lowest BCUT2D eigenvalue weighted by Gasteiger charge is -2.34. The maximum Gasteiger partial charge on any atom is 0.254 e. The summed E-state index contributed by atoms with van der Waals surface area (Å²) in [5.41, 5.74) is 1.58. The average molecular weight is 413 g/mol. The summed E-state index contributed by atoms with van der Waals surface area (Å²) < 4.78 is 1.65. The zero-order chi connectivity index (χ0) is 22.1. The summed E-state index contributed by atoms with van der Waals surface area (Å²) in [5, 5.41) is 7.12. The van der Waals surface area contributed by atoms with Gasteiger partial charge in [0.05, 0.1) is 17.5 Å². The minimum atomic E-state index is -0.0924. The third kappa shape index (κ3) is 5.37. The van der Waals surface area contributed by atoms with Crippen LogP contribution in [0.1, 0.15) is 76.3 Å². The molecule has 0 aromatic carbocycles. The molecule has 164 valence electrons. The molecule has 0 atom stereocenters. The number of nitrogens with zero attached hydrogens (tertiary/aromatic N) is 5. The molecule has 2 aromatic rings. The average Bonchev–Trinajstić information content (AvgIpc) is 3.11. The van der Waals surface area contributed by atoms with Crippen LogP contribution in [-0.4, -0.2) is 45.3 Å². The first kappa shape index (κ1) is 22.2. The van der Waals surface area contributed by atoms with Gasteiger partial charge in [-0.3, -0.25) is 9.48 Å². The molecule has 0 spiro atoms. The Morgan fingerprint density at radius 1 is 1.10 bits per heavy atom. The number of piperidine rings is 1. The summed E-state index contributed by atoms with van der Waals surface area (Å²) in [6, 6.07) is 2.15. The monoisotopic (exact) mass is 412 g/mol. The molecule has 0 unspecified atom stereocenters. The van der Waals surface area contributed by atoms with E-state index < -0.39 is 0 Å². The third-order valence-electron chi connectivity index (χ3n) is 5.61. The van der Waals surface area contributed by atoms with Gasteiger partial charge in [0.15, 0.2) is 0 Å². The molecule has 2 aromatic heterocycles. The second kappa shape index (κ2) is 8.36. The van der Waals surface area contributed by atoms with Crippen LogP contribution in [0.3, 0.4) is 0 Å². The molecule has 3 rings (SSSR count). The summed E-state index contributed by atoms with van der Waals surface area (Å²) in [6.45, 7) is 15.7. The van der Waals surface area contributed by atoms with E-state index in [0.717, 1.165) is 43.3 Å². The Morgan fingerprint density at radius 2 is 1.77 bits per heavy atom. The molecule has 1 saturated heterocycles. The van der Waals surface area contributed by atoms with E-state index in [1.54, 1.807) is 17.1 Å². The Labute approximate surface area is 180 Å². The van der Waals surface area contributed by atoms with Crippen LogP contribution in [-0.2, 0) is 17.9 Å². The molecular formula is C23H36N6O. The van der Waals surface area contributed by atoms with Gasteiger partial charge in [-0.15, -0.1) is 0 Å². The lowest BCUT2D eigenvalue weighted by molar-refractivity contribution is 0.0945. The summed E-state index contributed by atoms with van der Waals surface area (Å²) in [5.74, 6) is 2.35. The van der Waals surface area contributed by atoms with Gasteiger partial charge in [0.1, 0.15) is 11.6 Å². The summed E-state index contributed by atoms with van der Waals surface area (Å²) in [7, 11) is 1.82. The number of rotatable bonds is 4. The standard InChI is InChI=1S/C23H36N6O/c1-22(2,3)18-12-19(27-21(26-18)23(4,5)6)29-10-8-16(9-11-29)13-24-20(30)17-14-25-28(7)15-17/h12,14-16H,8-11,13H2,1-7H3,(H,24,30). The van der Waals surface area contributed by atoms with Gasteiger partial charge in [-0.05, 0) is 18.8 Å². The zero-order valence-corrected chi connectivity index (χ0v) is 19.5. The van der Waals surface area contributed by atoms with Crippen LogP contribution in [0.25, 0.3) is 0 Å². The van der Waals surface area contributed by atoms with E-state index in [9.17, 15) is 4.79 Å². The highest BCUT2D eigenvalue weighted by atomic mass is 16.1. The van der Waals surface area contributed by atoms with Crippen LogP contribution in [0, 0.1) is 5.92 Å². The Hall–Kier alpha value is -2.44. The number of carbonyl (C=O) groups excluding carboxylic acids is 1. The highest BCUT2D eigenvalue weighted by molar-refractivity contribution is 5.93. The van der Waals surface area contributed by atoms with Crippen molar-refractivity contribution in [2.24, 2.45) is 13.0 Å². The fourth-order valence-corrected chi connectivity index (χ4v) is 3.56. The first-order chi connectivity index (χ1) is 13.9. The number of anilines is 1. The Balaban J connectivity index is 1.63. The zero-order valence-electron chi connectivity index (χ0n) is 19.5. The van der Waals surface area contributed by atoms with Gasteiger partial charge in [-0.1, -0.05) is 41.5 Å². The van der Waals surface area contributed by atoms with E-state index in [4.69, 9.17) is 9.97 Å². The van der Waals surface area contributed by atoms with Crippen molar-refractivity contribution >= 4 is 11.7 Å². The number of hydrogen-bond donors (Lipinski definition) is 1. The summed E-state index contributed by atoms with van der Waals surface area (Å²) in [4.78, 5) is 24.4. The van der Waals surface area contributed by atoms with E-state index in [-0.39, 0.29) is 16.7 Å². The van der Waals surface area contributed by atoms with Crippen LogP contribution in [0.15, 0.2) is 18.5 Å². The Kier molecular flexibility index (Phi) is 6.20. The van der Waals surface area contributed by atoms with E-state index in [1.165, 1.54) is 0 Å². The number of amides is 1. The van der Waals surface area contributed by atoms with Crippen molar-refractivity contribution in [3.05, 3.63) is 35.5 Å². The third-order valence-corrected chi connectivity index (χ3v) is 5.61. The first-order valence-electron chi connectivity index (χ1n) is 10.9. The number of aromatic nitrogens is 4. The van der Waals surface area contributed by atoms with E-state index >= 15 is 0 Å². The van der Waals surface area contributed by atoms with E-state index in [0.29, 0.717) is 18.0 Å². The molecule has 1 amide bonds. The van der Waals surface area contributed by atoms with Crippen LogP contribution < -0.4 is 10.2 Å². The predicted molar refractivity (Wildman–Crippen MR) is 120 cm³/mol. The van der Waals surface area contributed by atoms with E-state index in [1.807, 2.05) is 7.05 Å². The van der Waals surface area contributed by atoms with Crippen molar-refractivity contribution in [3.63, 3.8) is 0 Å². The van der Waals surface area contributed by atoms with Crippen LogP contribution >= 0.6 is 0 Å². The lowest BCUT2D eigenvalue weighted by atomic mass is 9.90. The van der Waals surface area contributed by atoms with Gasteiger partial charge in [0, 0.05) is 49.8 Å². The van der Waals surface area contributed by atoms with Gasteiger partial charge in [0.2, 0.25) is 0 Å². The van der Waals surface area contributed by atoms with Gasteiger partial charge in [-0.25, -0.2) is 9.97 Å². The number of nitrogens with one attached hydrogen (secondary N) is 1. The quantitative estimate of drug-likeness (QED) is 0.832. The fraction of sp³-hybridized carbons (Fsp3) is 0.652. The van der Waals surface area contributed by atoms with Gasteiger partial charge in [0.25, 0.3) is 5.91 Å². The second-order valence-corrected chi connectivity index (χ2v) is 10.5. The molecule has 30 heavy (non-hydrogen) atoms. The van der Waals surface area contributed by atoms with E-state index in [2.05, 4.69) is 62.9 Å². The molecule has 1 aliphatic heterocycles. The van der Waals surface area contributed by atoms with Gasteiger partial charge < -0.3 is 10.2 Å². The molecule has 0 bridgehead atoms. The predicted octanol–water partition coefficient (Wildman–Crippen LogP) is 3.45. The van der Waals surface area contributed by atoms with Crippen molar-refractivity contribution in [2.45, 2.75) is 65.2 Å². The van der Waals surface area contributed by atoms with Gasteiger partial charge in [-0.2, -0.15) is 5.10 Å². The van der Waals surface area contributed by atoms with Crippen LogP contribution in [0.5, 0.6) is 0 Å². The summed E-state index contributed by atoms with van der Waals surface area (Å²) in [6.07, 6.45) is 5.42. The minimum absolute atomic E-state index is 0.0212. The molecule has 7 nitrogen and oxygen atoms in total. The van der Waals surface area contributed by atoms with Crippen molar-refractivity contribution in [1.29, 1.82) is 0 Å². The number of hydrogen-bond acceptors (Lipinski definition) is 5. The Bertz CT molecular complexity index is 850. The van der Waals surface area contributed by atoms with Crippen LogP contribution in [0.4, 0.5) is 5.82 Å². The van der Waals surface area contributed by atoms with Gasteiger partial charge >= 0.3 is 0 Å². The molecule has 0 saturated carbocycles. The topological polar surface area (TPSA) is 75.9 Å². The molecule has 0 aliphatic carbocycles. The fourth-order valence-electron chi connectivity index (χ4n) is 3.56. The smallest absolute Gasteiger partial charge is 0.254 e. The highest BCUT2D eigenvalue weighted by Gasteiger charge is 2.27. The van der Waals surface area contributed by atoms with Crippen LogP contribution in [0.2, 0.25) is 0 Å². The normalized spacial score (nSPS) is 16.0. The highest BCUT2D eigenvalue weighted by Crippen LogP contribution is 2.30. The largest absolute Gasteiger partial charge is 0.356 e. The van der Waals surface area contributed by atoms with Crippen molar-refractivity contribution < 1.29 is 4.79 Å². The molecule has 1 fully saturated rings. The molecule has 1 aliphatic rings. The molecule has 7 heteroatoms. The summed E-state index contributed by atoms with van der Waals surface area (Å²) >= 11 is 0. The SMILES string of the molecule is Cn1cc(C(=O)NCC2CCN(c3cc(C(C)(C)C)nc(C(C)(C)C)n3)CC2)cn1. The molecule has 1 N–H and O–H groups in total. The number of aryl methyl sites for hydroxylation is 1. The maximum atomic E-state index is 12.3. The molecule has 3 heterocycles. The Morgan fingerprint density at radius 3 is 2.30 bits per heavy atom. The number of carbonyl (C=O) groups is 1. The maximum absolute atomic E-state index is 12.3. The van der Waals surface area contributed by atoms with Crippen molar-refractivity contribution in [2.75, 3.05) is 24.5 Å². The lowest BCUT2D eigenvalue weighted by Crippen LogP contribution is -2.39. The molecular weight excluding hydrogens is 376 g/mol. The molecule has 0 radical (unpaired) electrons.